The number of amides is 1. The van der Waals surface area contributed by atoms with Gasteiger partial charge in [-0.25, -0.2) is 5.10 Å². The highest BCUT2D eigenvalue weighted by Gasteiger charge is 2.41. The number of carbonyl (C=O) groups is 2. The van der Waals surface area contributed by atoms with Gasteiger partial charge < -0.3 is 10.2 Å². The standard InChI is InChI=1S/C19H29F3N4O2.C5H8O/c1-3-5-6-12-26(11-4-2)15(27)9-10-23-14-8-7-13-16(19(20,21)22)18(28)25-24-17(13)14;1-4(6)5-2-3-5/h14,23H,3-12H2,1-2H3,(H,25,28);5H,2-3H2,1H3. The van der Waals surface area contributed by atoms with Gasteiger partial charge in [0.05, 0.1) is 11.7 Å². The minimum atomic E-state index is -4.70. The van der Waals surface area contributed by atoms with Gasteiger partial charge in [-0.2, -0.15) is 18.3 Å². The van der Waals surface area contributed by atoms with E-state index in [-0.39, 0.29) is 36.0 Å². The summed E-state index contributed by atoms with van der Waals surface area (Å²) in [5.41, 5.74) is -2.16. The first-order valence-electron chi connectivity index (χ1n) is 12.3. The zero-order valence-electron chi connectivity index (χ0n) is 20.4. The van der Waals surface area contributed by atoms with Crippen LogP contribution in [0.15, 0.2) is 4.79 Å². The normalized spacial score (nSPS) is 17.1. The predicted octanol–water partition coefficient (Wildman–Crippen LogP) is 4.17. The molecule has 1 heterocycles. The number of ketones is 1. The summed E-state index contributed by atoms with van der Waals surface area (Å²) in [4.78, 5) is 36.1. The van der Waals surface area contributed by atoms with Crippen LogP contribution in [0.1, 0.15) is 95.0 Å². The Labute approximate surface area is 198 Å². The number of nitrogens with zero attached hydrogens (tertiary/aromatic N) is 2. The van der Waals surface area contributed by atoms with Crippen LogP contribution in [-0.4, -0.2) is 46.4 Å². The molecule has 7 nitrogen and oxygen atoms in total. The Bertz CT molecular complexity index is 881. The number of carbonyl (C=O) groups excluding carboxylic acids is 2. The lowest BCUT2D eigenvalue weighted by atomic mass is 10.1. The summed E-state index contributed by atoms with van der Waals surface area (Å²) >= 11 is 0. The van der Waals surface area contributed by atoms with Crippen molar-refractivity contribution in [3.8, 4) is 0 Å². The van der Waals surface area contributed by atoms with Gasteiger partial charge in [0.1, 0.15) is 11.3 Å². The Balaban J connectivity index is 0.000000589. The fraction of sp³-hybridized carbons (Fsp3) is 0.750. The maximum Gasteiger partial charge on any atom is 0.422 e. The number of halogens is 3. The van der Waals surface area contributed by atoms with Gasteiger partial charge in [-0.05, 0) is 51.0 Å². The average Bonchev–Trinajstić information content (AvgIpc) is 3.55. The number of H-pyrrole nitrogens is 1. The van der Waals surface area contributed by atoms with Crippen molar-refractivity contribution in [1.29, 1.82) is 0 Å². The highest BCUT2D eigenvalue weighted by Crippen LogP contribution is 2.37. The number of Topliss-reactive ketones (excluding diaryl/α,β-unsaturated/α-hetero) is 1. The molecule has 2 aliphatic rings. The average molecular weight is 487 g/mol. The van der Waals surface area contributed by atoms with Crippen LogP contribution >= 0.6 is 0 Å². The third-order valence-electron chi connectivity index (χ3n) is 6.17. The maximum absolute atomic E-state index is 13.2. The molecule has 1 amide bonds. The van der Waals surface area contributed by atoms with Crippen molar-refractivity contribution in [1.82, 2.24) is 20.4 Å². The smallest absolute Gasteiger partial charge is 0.343 e. The summed E-state index contributed by atoms with van der Waals surface area (Å²) < 4.78 is 39.5. The van der Waals surface area contributed by atoms with Crippen LogP contribution in [0, 0.1) is 5.92 Å². The monoisotopic (exact) mass is 486 g/mol. The molecule has 1 aromatic heterocycles. The van der Waals surface area contributed by atoms with Crippen LogP contribution in [0.5, 0.6) is 0 Å². The number of alkyl halides is 3. The van der Waals surface area contributed by atoms with Crippen LogP contribution in [0.25, 0.3) is 0 Å². The summed E-state index contributed by atoms with van der Waals surface area (Å²) in [6.07, 6.45) is 2.48. The lowest BCUT2D eigenvalue weighted by molar-refractivity contribution is -0.139. The van der Waals surface area contributed by atoms with Gasteiger partial charge in [0, 0.05) is 32.0 Å². The van der Waals surface area contributed by atoms with Gasteiger partial charge in [-0.15, -0.1) is 0 Å². The highest BCUT2D eigenvalue weighted by atomic mass is 19.4. The number of rotatable bonds is 11. The van der Waals surface area contributed by atoms with Crippen molar-refractivity contribution < 1.29 is 22.8 Å². The van der Waals surface area contributed by atoms with Gasteiger partial charge >= 0.3 is 6.18 Å². The Kier molecular flexibility index (Phi) is 10.7. The summed E-state index contributed by atoms with van der Waals surface area (Å²) in [6, 6.07) is -0.388. The molecular formula is C24H37F3N4O3. The Hall–Kier alpha value is -2.23. The molecule has 34 heavy (non-hydrogen) atoms. The number of aromatic amines is 1. The van der Waals surface area contributed by atoms with E-state index < -0.39 is 17.3 Å². The Morgan fingerprint density at radius 2 is 1.82 bits per heavy atom. The minimum absolute atomic E-state index is 0.0350. The molecule has 0 radical (unpaired) electrons. The SMILES string of the molecule is CC(=O)C1CC1.CCCCCN(CCC)C(=O)CCNC1CCc2c1n[nH]c(=O)c2C(F)(F)F. The molecule has 0 aromatic carbocycles. The van der Waals surface area contributed by atoms with Crippen molar-refractivity contribution in [2.75, 3.05) is 19.6 Å². The Morgan fingerprint density at radius 1 is 1.12 bits per heavy atom. The molecule has 192 valence electrons. The first-order valence-corrected chi connectivity index (χ1v) is 12.3. The molecule has 10 heteroatoms. The molecule has 1 fully saturated rings. The quantitative estimate of drug-likeness (QED) is 0.458. The van der Waals surface area contributed by atoms with E-state index in [1.54, 1.807) is 6.92 Å². The van der Waals surface area contributed by atoms with Crippen molar-refractivity contribution >= 4 is 11.7 Å². The van der Waals surface area contributed by atoms with Crippen LogP contribution in [0.2, 0.25) is 0 Å². The number of aromatic nitrogens is 2. The third-order valence-corrected chi connectivity index (χ3v) is 6.17. The second-order valence-corrected chi connectivity index (χ2v) is 9.06. The molecule has 3 rings (SSSR count). The minimum Gasteiger partial charge on any atom is -0.343 e. The molecule has 0 spiro atoms. The van der Waals surface area contributed by atoms with E-state index in [0.29, 0.717) is 31.2 Å². The van der Waals surface area contributed by atoms with Gasteiger partial charge in [0.2, 0.25) is 5.91 Å². The number of unbranched alkanes of at least 4 members (excludes halogenated alkanes) is 2. The van der Waals surface area contributed by atoms with Crippen LogP contribution in [0.4, 0.5) is 13.2 Å². The van der Waals surface area contributed by atoms with Crippen molar-refractivity contribution in [3.63, 3.8) is 0 Å². The topological polar surface area (TPSA) is 95.2 Å². The van der Waals surface area contributed by atoms with Crippen molar-refractivity contribution in [2.45, 2.75) is 90.8 Å². The summed E-state index contributed by atoms with van der Waals surface area (Å²) in [7, 11) is 0. The molecule has 0 saturated heterocycles. The molecule has 0 aliphatic heterocycles. The van der Waals surface area contributed by atoms with E-state index in [9.17, 15) is 27.6 Å². The molecule has 1 atom stereocenters. The number of hydrogen-bond donors (Lipinski definition) is 2. The van der Waals surface area contributed by atoms with Crippen LogP contribution < -0.4 is 10.9 Å². The molecule has 2 N–H and O–H groups in total. The molecule has 0 bridgehead atoms. The Morgan fingerprint density at radius 3 is 2.35 bits per heavy atom. The number of hydrogen-bond acceptors (Lipinski definition) is 5. The lowest BCUT2D eigenvalue weighted by Crippen LogP contribution is -2.35. The van der Waals surface area contributed by atoms with E-state index in [1.165, 1.54) is 0 Å². The molecule has 1 aromatic rings. The highest BCUT2D eigenvalue weighted by molar-refractivity contribution is 5.80. The molecule has 1 unspecified atom stereocenters. The molecular weight excluding hydrogens is 449 g/mol. The van der Waals surface area contributed by atoms with Crippen LogP contribution in [0.3, 0.4) is 0 Å². The van der Waals surface area contributed by atoms with Gasteiger partial charge in [0.15, 0.2) is 0 Å². The van der Waals surface area contributed by atoms with Crippen molar-refractivity contribution in [3.05, 3.63) is 27.2 Å². The summed E-state index contributed by atoms with van der Waals surface area (Å²) in [5, 5.41) is 8.92. The number of nitrogens with one attached hydrogen (secondary N) is 2. The van der Waals surface area contributed by atoms with Gasteiger partial charge in [-0.1, -0.05) is 26.7 Å². The van der Waals surface area contributed by atoms with E-state index in [0.717, 1.165) is 45.1 Å². The van der Waals surface area contributed by atoms with Crippen molar-refractivity contribution in [2.24, 2.45) is 5.92 Å². The zero-order chi connectivity index (χ0) is 25.3. The first-order chi connectivity index (χ1) is 16.1. The summed E-state index contributed by atoms with van der Waals surface area (Å²) in [6.45, 7) is 7.62. The maximum atomic E-state index is 13.2. The lowest BCUT2D eigenvalue weighted by Gasteiger charge is -2.23. The second-order valence-electron chi connectivity index (χ2n) is 9.06. The van der Waals surface area contributed by atoms with E-state index in [4.69, 9.17) is 0 Å². The molecule has 1 saturated carbocycles. The van der Waals surface area contributed by atoms with E-state index in [1.807, 2.05) is 16.9 Å². The van der Waals surface area contributed by atoms with E-state index in [2.05, 4.69) is 17.3 Å². The fourth-order valence-corrected chi connectivity index (χ4v) is 4.15. The molecule has 2 aliphatic carbocycles. The largest absolute Gasteiger partial charge is 0.422 e. The third kappa shape index (κ3) is 8.21. The number of fused-ring (bicyclic) bond motifs is 1. The van der Waals surface area contributed by atoms with Gasteiger partial charge in [-0.3, -0.25) is 14.4 Å². The first kappa shape index (κ1) is 28.0. The fourth-order valence-electron chi connectivity index (χ4n) is 4.15. The predicted molar refractivity (Wildman–Crippen MR) is 123 cm³/mol. The summed E-state index contributed by atoms with van der Waals surface area (Å²) in [5.74, 6) is 0.883. The van der Waals surface area contributed by atoms with Crippen LogP contribution in [-0.2, 0) is 22.2 Å². The van der Waals surface area contributed by atoms with Gasteiger partial charge in [0.25, 0.3) is 5.56 Å². The zero-order valence-corrected chi connectivity index (χ0v) is 20.4. The van der Waals surface area contributed by atoms with E-state index >= 15 is 0 Å². The second kappa shape index (κ2) is 13.0.